The Morgan fingerprint density at radius 1 is 1.11 bits per heavy atom. The summed E-state index contributed by atoms with van der Waals surface area (Å²) in [6.45, 7) is 3.90. The Hall–Kier alpha value is -2.19. The van der Waals surface area contributed by atoms with Crippen molar-refractivity contribution in [3.8, 4) is 12.3 Å². The lowest BCUT2D eigenvalue weighted by Gasteiger charge is -2.21. The number of nitrogens with one attached hydrogen (secondary N) is 1. The van der Waals surface area contributed by atoms with E-state index >= 15 is 0 Å². The average Bonchev–Trinajstić information content (AvgIpc) is 3.49. The Labute approximate surface area is 162 Å². The van der Waals surface area contributed by atoms with E-state index in [2.05, 4.69) is 44.6 Å². The molecule has 0 spiro atoms. The van der Waals surface area contributed by atoms with Crippen LogP contribution in [0, 0.1) is 12.3 Å². The van der Waals surface area contributed by atoms with Gasteiger partial charge in [0.25, 0.3) is 0 Å². The van der Waals surface area contributed by atoms with Gasteiger partial charge in [-0.1, -0.05) is 37.1 Å². The van der Waals surface area contributed by atoms with Crippen molar-refractivity contribution < 1.29 is 4.79 Å². The van der Waals surface area contributed by atoms with E-state index in [1.807, 2.05) is 6.07 Å². The average molecular weight is 367 g/mol. The molecular formula is C22H30N4O. The number of terminal acetylenes is 1. The molecule has 2 aliphatic heterocycles. The molecule has 1 saturated heterocycles. The molecule has 5 heteroatoms. The zero-order chi connectivity index (χ0) is 19.0. The monoisotopic (exact) mass is 366 g/mol. The quantitative estimate of drug-likeness (QED) is 0.671. The zero-order valence-electron chi connectivity index (χ0n) is 16.1. The second kappa shape index (κ2) is 9.66. The number of benzene rings is 1. The van der Waals surface area contributed by atoms with Crippen LogP contribution in [0.25, 0.3) is 0 Å². The Morgan fingerprint density at radius 2 is 1.81 bits per heavy atom. The third kappa shape index (κ3) is 6.18. The summed E-state index contributed by atoms with van der Waals surface area (Å²) in [4.78, 5) is 14.8. The lowest BCUT2D eigenvalue weighted by atomic mass is 10.0. The number of amides is 1. The van der Waals surface area contributed by atoms with E-state index in [0.717, 1.165) is 13.0 Å². The molecule has 3 rings (SSSR count). The SMILES string of the molecule is C#CCCC1(CCC(=O)NCc2ccccc2CN2CCCCCC2)N=N1. The second-order valence-corrected chi connectivity index (χ2v) is 7.62. The number of rotatable bonds is 9. The van der Waals surface area contributed by atoms with Gasteiger partial charge in [-0.25, -0.2) is 0 Å². The van der Waals surface area contributed by atoms with Crippen molar-refractivity contribution in [1.82, 2.24) is 10.2 Å². The summed E-state index contributed by atoms with van der Waals surface area (Å²) >= 11 is 0. The molecule has 0 aliphatic carbocycles. The van der Waals surface area contributed by atoms with Crippen LogP contribution in [0.2, 0.25) is 0 Å². The first-order valence-electron chi connectivity index (χ1n) is 10.1. The molecule has 144 valence electrons. The largest absolute Gasteiger partial charge is 0.352 e. The summed E-state index contributed by atoms with van der Waals surface area (Å²) < 4.78 is 0. The first-order chi connectivity index (χ1) is 13.2. The topological polar surface area (TPSA) is 57.1 Å². The smallest absolute Gasteiger partial charge is 0.220 e. The van der Waals surface area contributed by atoms with Crippen LogP contribution in [0.4, 0.5) is 0 Å². The fourth-order valence-corrected chi connectivity index (χ4v) is 3.68. The van der Waals surface area contributed by atoms with Crippen molar-refractivity contribution in [2.45, 2.75) is 70.1 Å². The standard InChI is InChI=1S/C22H30N4O/c1-2-3-13-22(24-25-22)14-12-21(27)23-17-19-10-6-7-11-20(19)18-26-15-8-4-5-9-16-26/h1,6-7,10-11H,3-5,8-9,12-18H2,(H,23,27). The first kappa shape index (κ1) is 19.6. The molecule has 1 aromatic carbocycles. The Morgan fingerprint density at radius 3 is 2.48 bits per heavy atom. The van der Waals surface area contributed by atoms with E-state index in [1.165, 1.54) is 49.9 Å². The Balaban J connectivity index is 1.46. The molecule has 1 fully saturated rings. The molecule has 0 radical (unpaired) electrons. The van der Waals surface area contributed by atoms with Gasteiger partial charge in [0.15, 0.2) is 5.66 Å². The van der Waals surface area contributed by atoms with Crippen molar-refractivity contribution in [3.05, 3.63) is 35.4 Å². The minimum atomic E-state index is -0.381. The molecule has 1 N–H and O–H groups in total. The van der Waals surface area contributed by atoms with E-state index in [0.29, 0.717) is 25.8 Å². The second-order valence-electron chi connectivity index (χ2n) is 7.62. The fraction of sp³-hybridized carbons (Fsp3) is 0.591. The lowest BCUT2D eigenvalue weighted by molar-refractivity contribution is -0.121. The molecule has 2 aliphatic rings. The van der Waals surface area contributed by atoms with Crippen molar-refractivity contribution in [1.29, 1.82) is 0 Å². The summed E-state index contributed by atoms with van der Waals surface area (Å²) in [7, 11) is 0. The highest BCUT2D eigenvalue weighted by molar-refractivity contribution is 5.76. The summed E-state index contributed by atoms with van der Waals surface area (Å²) in [5.41, 5.74) is 2.14. The maximum atomic E-state index is 12.3. The van der Waals surface area contributed by atoms with Gasteiger partial charge in [-0.3, -0.25) is 9.69 Å². The van der Waals surface area contributed by atoms with E-state index in [9.17, 15) is 4.79 Å². The number of likely N-dealkylation sites (tertiary alicyclic amines) is 1. The molecule has 2 heterocycles. The van der Waals surface area contributed by atoms with Gasteiger partial charge in [0.05, 0.1) is 0 Å². The van der Waals surface area contributed by atoms with Crippen LogP contribution < -0.4 is 5.32 Å². The third-order valence-electron chi connectivity index (χ3n) is 5.49. The third-order valence-corrected chi connectivity index (χ3v) is 5.49. The van der Waals surface area contributed by atoms with Gasteiger partial charge in [0, 0.05) is 38.8 Å². The van der Waals surface area contributed by atoms with Gasteiger partial charge in [0.1, 0.15) is 0 Å². The van der Waals surface area contributed by atoms with Gasteiger partial charge < -0.3 is 5.32 Å². The summed E-state index contributed by atoms with van der Waals surface area (Å²) in [5, 5.41) is 11.2. The maximum absolute atomic E-state index is 12.3. The molecule has 0 saturated carbocycles. The fourth-order valence-electron chi connectivity index (χ4n) is 3.68. The number of carbonyl (C=O) groups is 1. The molecule has 1 amide bonds. The summed E-state index contributed by atoms with van der Waals surface area (Å²) in [6, 6.07) is 8.44. The predicted octanol–water partition coefficient (Wildman–Crippen LogP) is 4.03. The van der Waals surface area contributed by atoms with E-state index in [1.54, 1.807) is 0 Å². The minimum Gasteiger partial charge on any atom is -0.352 e. The van der Waals surface area contributed by atoms with Crippen LogP contribution in [0.15, 0.2) is 34.5 Å². The van der Waals surface area contributed by atoms with Crippen molar-refractivity contribution >= 4 is 5.91 Å². The van der Waals surface area contributed by atoms with Gasteiger partial charge in [-0.05, 0) is 37.1 Å². The highest BCUT2D eigenvalue weighted by atomic mass is 16.1. The summed E-state index contributed by atoms with van der Waals surface area (Å²) in [5.74, 6) is 2.67. The highest BCUT2D eigenvalue weighted by Crippen LogP contribution is 2.37. The highest BCUT2D eigenvalue weighted by Gasteiger charge is 2.39. The van der Waals surface area contributed by atoms with Gasteiger partial charge >= 0.3 is 0 Å². The molecule has 0 atom stereocenters. The maximum Gasteiger partial charge on any atom is 0.220 e. The molecular weight excluding hydrogens is 336 g/mol. The van der Waals surface area contributed by atoms with Crippen molar-refractivity contribution in [2.24, 2.45) is 10.2 Å². The predicted molar refractivity (Wildman–Crippen MR) is 107 cm³/mol. The lowest BCUT2D eigenvalue weighted by Crippen LogP contribution is -2.27. The molecule has 5 nitrogen and oxygen atoms in total. The summed E-state index contributed by atoms with van der Waals surface area (Å²) in [6.07, 6.45) is 13.0. The van der Waals surface area contributed by atoms with Crippen LogP contribution in [0.3, 0.4) is 0 Å². The van der Waals surface area contributed by atoms with Gasteiger partial charge in [-0.2, -0.15) is 10.2 Å². The normalized spacial score (nSPS) is 18.5. The van der Waals surface area contributed by atoms with Crippen LogP contribution in [-0.2, 0) is 17.9 Å². The van der Waals surface area contributed by atoms with Gasteiger partial charge in [0.2, 0.25) is 5.91 Å². The number of hydrogen-bond donors (Lipinski definition) is 1. The number of nitrogens with zero attached hydrogens (tertiary/aromatic N) is 3. The number of carbonyl (C=O) groups excluding carboxylic acids is 1. The Kier molecular flexibility index (Phi) is 7.00. The van der Waals surface area contributed by atoms with Crippen molar-refractivity contribution in [2.75, 3.05) is 13.1 Å². The van der Waals surface area contributed by atoms with Gasteiger partial charge in [-0.15, -0.1) is 12.3 Å². The molecule has 0 unspecified atom stereocenters. The number of hydrogen-bond acceptors (Lipinski definition) is 4. The Bertz CT molecular complexity index is 693. The first-order valence-corrected chi connectivity index (χ1v) is 10.1. The van der Waals surface area contributed by atoms with Crippen LogP contribution in [0.5, 0.6) is 0 Å². The van der Waals surface area contributed by atoms with Crippen LogP contribution >= 0.6 is 0 Å². The minimum absolute atomic E-state index is 0.0527. The van der Waals surface area contributed by atoms with E-state index < -0.39 is 0 Å². The zero-order valence-corrected chi connectivity index (χ0v) is 16.1. The van der Waals surface area contributed by atoms with E-state index in [4.69, 9.17) is 6.42 Å². The van der Waals surface area contributed by atoms with E-state index in [-0.39, 0.29) is 11.6 Å². The van der Waals surface area contributed by atoms with Crippen molar-refractivity contribution in [3.63, 3.8) is 0 Å². The molecule has 0 bridgehead atoms. The van der Waals surface area contributed by atoms with Crippen LogP contribution in [-0.4, -0.2) is 29.6 Å². The van der Waals surface area contributed by atoms with Crippen LogP contribution in [0.1, 0.15) is 62.5 Å². The molecule has 27 heavy (non-hydrogen) atoms. The molecule has 0 aromatic heterocycles. The molecule has 1 aromatic rings.